The highest BCUT2D eigenvalue weighted by molar-refractivity contribution is 5.65. The first-order valence-electron chi connectivity index (χ1n) is 6.76. The number of esters is 1. The van der Waals surface area contributed by atoms with Gasteiger partial charge in [0.2, 0.25) is 0 Å². The lowest BCUT2D eigenvalue weighted by Crippen LogP contribution is -2.06. The molecular weight excluding hydrogens is 242 g/mol. The van der Waals surface area contributed by atoms with Crippen LogP contribution in [0.4, 0.5) is 5.69 Å². The molecule has 0 amide bonds. The Balaban J connectivity index is 2.19. The second kappa shape index (κ2) is 9.39. The van der Waals surface area contributed by atoms with Crippen LogP contribution in [0.5, 0.6) is 0 Å². The largest absolute Gasteiger partial charge is 0.461 e. The minimum atomic E-state index is -0.255. The molecule has 0 aliphatic heterocycles. The molecule has 0 saturated carbocycles. The third kappa shape index (κ3) is 7.47. The zero-order valence-electron chi connectivity index (χ0n) is 11.8. The van der Waals surface area contributed by atoms with Crippen LogP contribution in [-0.2, 0) is 20.9 Å². The lowest BCUT2D eigenvalue weighted by atomic mass is 10.2. The Bertz CT molecular complexity index is 362. The molecule has 0 heterocycles. The molecule has 0 saturated heterocycles. The zero-order chi connectivity index (χ0) is 13.9. The second-order valence-corrected chi connectivity index (χ2v) is 4.37. The average molecular weight is 265 g/mol. The lowest BCUT2D eigenvalue weighted by Gasteiger charge is -2.08. The molecule has 0 aromatic heterocycles. The first-order valence-corrected chi connectivity index (χ1v) is 6.76. The summed E-state index contributed by atoms with van der Waals surface area (Å²) in [6.07, 6.45) is 2.06. The monoisotopic (exact) mass is 265 g/mol. The van der Waals surface area contributed by atoms with Crippen molar-refractivity contribution >= 4 is 11.7 Å². The number of carbonyl (C=O) groups is 1. The topological polar surface area (TPSA) is 47.6 Å². The molecule has 1 aromatic rings. The van der Waals surface area contributed by atoms with Crippen molar-refractivity contribution in [3.05, 3.63) is 29.8 Å². The maximum atomic E-state index is 10.7. The Morgan fingerprint density at radius 1 is 1.21 bits per heavy atom. The third-order valence-electron chi connectivity index (χ3n) is 2.54. The molecule has 106 valence electrons. The fourth-order valence-electron chi connectivity index (χ4n) is 1.56. The van der Waals surface area contributed by atoms with Gasteiger partial charge in [-0.25, -0.2) is 0 Å². The van der Waals surface area contributed by atoms with E-state index in [2.05, 4.69) is 12.2 Å². The molecule has 0 aliphatic rings. The summed E-state index contributed by atoms with van der Waals surface area (Å²) in [5.41, 5.74) is 2.06. The van der Waals surface area contributed by atoms with Crippen LogP contribution in [0.3, 0.4) is 0 Å². The molecule has 1 rings (SSSR count). The lowest BCUT2D eigenvalue weighted by molar-refractivity contribution is -0.142. The van der Waals surface area contributed by atoms with E-state index >= 15 is 0 Å². The quantitative estimate of drug-likeness (QED) is 0.551. The molecule has 4 heteroatoms. The normalized spacial score (nSPS) is 10.2. The van der Waals surface area contributed by atoms with Gasteiger partial charge in [-0.05, 0) is 30.5 Å². The predicted octanol–water partition coefficient (Wildman–Crippen LogP) is 2.98. The summed E-state index contributed by atoms with van der Waals surface area (Å²) in [5, 5.41) is 3.33. The number of benzene rings is 1. The van der Waals surface area contributed by atoms with Crippen LogP contribution in [0.15, 0.2) is 24.3 Å². The number of hydrogen-bond acceptors (Lipinski definition) is 4. The van der Waals surface area contributed by atoms with E-state index in [4.69, 9.17) is 9.47 Å². The summed E-state index contributed by atoms with van der Waals surface area (Å²) >= 11 is 0. The van der Waals surface area contributed by atoms with Gasteiger partial charge in [0.05, 0.1) is 0 Å². The van der Waals surface area contributed by atoms with E-state index in [-0.39, 0.29) is 5.97 Å². The smallest absolute Gasteiger partial charge is 0.302 e. The van der Waals surface area contributed by atoms with Crippen LogP contribution in [0, 0.1) is 0 Å². The summed E-state index contributed by atoms with van der Waals surface area (Å²) in [4.78, 5) is 10.7. The van der Waals surface area contributed by atoms with Crippen molar-refractivity contribution in [1.82, 2.24) is 0 Å². The van der Waals surface area contributed by atoms with Gasteiger partial charge in [-0.15, -0.1) is 0 Å². The van der Waals surface area contributed by atoms with E-state index in [9.17, 15) is 4.79 Å². The fourth-order valence-corrected chi connectivity index (χ4v) is 1.56. The molecule has 19 heavy (non-hydrogen) atoms. The van der Waals surface area contributed by atoms with Gasteiger partial charge < -0.3 is 14.8 Å². The van der Waals surface area contributed by atoms with E-state index in [1.807, 2.05) is 24.3 Å². The molecule has 0 radical (unpaired) electrons. The highest BCUT2D eigenvalue weighted by atomic mass is 16.5. The molecule has 0 atom stereocenters. The molecule has 0 aliphatic carbocycles. The van der Waals surface area contributed by atoms with Gasteiger partial charge in [0.1, 0.15) is 6.61 Å². The molecule has 4 nitrogen and oxygen atoms in total. The molecular formula is C15H23NO3. The Morgan fingerprint density at radius 2 is 1.95 bits per heavy atom. The van der Waals surface area contributed by atoms with Gasteiger partial charge in [-0.1, -0.05) is 19.1 Å². The van der Waals surface area contributed by atoms with E-state index in [0.717, 1.165) is 43.9 Å². The third-order valence-corrected chi connectivity index (χ3v) is 2.54. The first-order chi connectivity index (χ1) is 9.22. The van der Waals surface area contributed by atoms with Crippen LogP contribution in [-0.4, -0.2) is 25.7 Å². The van der Waals surface area contributed by atoms with Crippen LogP contribution in [0.2, 0.25) is 0 Å². The zero-order valence-corrected chi connectivity index (χ0v) is 11.8. The predicted molar refractivity (Wildman–Crippen MR) is 76.1 cm³/mol. The molecule has 0 bridgehead atoms. The highest BCUT2D eigenvalue weighted by Crippen LogP contribution is 2.10. The second-order valence-electron chi connectivity index (χ2n) is 4.37. The maximum absolute atomic E-state index is 10.7. The van der Waals surface area contributed by atoms with E-state index in [0.29, 0.717) is 6.61 Å². The van der Waals surface area contributed by atoms with E-state index in [1.165, 1.54) is 6.92 Å². The number of hydrogen-bond donors (Lipinski definition) is 1. The molecule has 0 unspecified atom stereocenters. The van der Waals surface area contributed by atoms with Crippen molar-refractivity contribution in [2.45, 2.75) is 33.3 Å². The minimum Gasteiger partial charge on any atom is -0.461 e. The fraction of sp³-hybridized carbons (Fsp3) is 0.533. The summed E-state index contributed by atoms with van der Waals surface area (Å²) in [5.74, 6) is -0.255. The standard InChI is InChI=1S/C15H23NO3/c1-3-10-18-11-4-9-16-15-7-5-14(6-8-15)12-19-13(2)17/h5-8,16H,3-4,9-12H2,1-2H3. The first kappa shape index (κ1) is 15.5. The van der Waals surface area contributed by atoms with Gasteiger partial charge in [0, 0.05) is 32.4 Å². The maximum Gasteiger partial charge on any atom is 0.302 e. The Labute approximate surface area is 115 Å². The van der Waals surface area contributed by atoms with Crippen molar-refractivity contribution in [2.75, 3.05) is 25.1 Å². The van der Waals surface area contributed by atoms with Crippen molar-refractivity contribution in [2.24, 2.45) is 0 Å². The number of rotatable bonds is 9. The summed E-state index contributed by atoms with van der Waals surface area (Å²) < 4.78 is 10.3. The SMILES string of the molecule is CCCOCCCNc1ccc(COC(C)=O)cc1. The molecule has 0 spiro atoms. The molecule has 0 fully saturated rings. The van der Waals surface area contributed by atoms with Gasteiger partial charge >= 0.3 is 5.97 Å². The Hall–Kier alpha value is -1.55. The van der Waals surface area contributed by atoms with Crippen molar-refractivity contribution in [1.29, 1.82) is 0 Å². The Kier molecular flexibility index (Phi) is 7.66. The minimum absolute atomic E-state index is 0.255. The molecule has 1 aromatic carbocycles. The van der Waals surface area contributed by atoms with E-state index < -0.39 is 0 Å². The van der Waals surface area contributed by atoms with Crippen LogP contribution in [0.25, 0.3) is 0 Å². The number of nitrogens with one attached hydrogen (secondary N) is 1. The highest BCUT2D eigenvalue weighted by Gasteiger charge is 1.97. The molecule has 1 N–H and O–H groups in total. The van der Waals surface area contributed by atoms with Crippen molar-refractivity contribution in [3.8, 4) is 0 Å². The van der Waals surface area contributed by atoms with Crippen LogP contribution < -0.4 is 5.32 Å². The van der Waals surface area contributed by atoms with Crippen molar-refractivity contribution in [3.63, 3.8) is 0 Å². The van der Waals surface area contributed by atoms with E-state index in [1.54, 1.807) is 0 Å². The summed E-state index contributed by atoms with van der Waals surface area (Å²) in [6, 6.07) is 7.90. The number of ether oxygens (including phenoxy) is 2. The van der Waals surface area contributed by atoms with Gasteiger partial charge in [-0.2, -0.15) is 0 Å². The summed E-state index contributed by atoms with van der Waals surface area (Å²) in [6.45, 7) is 6.38. The number of anilines is 1. The van der Waals surface area contributed by atoms with Gasteiger partial charge in [0.15, 0.2) is 0 Å². The van der Waals surface area contributed by atoms with Gasteiger partial charge in [-0.3, -0.25) is 4.79 Å². The average Bonchev–Trinajstić information content (AvgIpc) is 2.41. The van der Waals surface area contributed by atoms with Crippen LogP contribution >= 0.6 is 0 Å². The Morgan fingerprint density at radius 3 is 2.58 bits per heavy atom. The summed E-state index contributed by atoms with van der Waals surface area (Å²) in [7, 11) is 0. The van der Waals surface area contributed by atoms with Gasteiger partial charge in [0.25, 0.3) is 0 Å². The van der Waals surface area contributed by atoms with Crippen molar-refractivity contribution < 1.29 is 14.3 Å². The van der Waals surface area contributed by atoms with Crippen LogP contribution in [0.1, 0.15) is 32.3 Å². The number of carbonyl (C=O) groups excluding carboxylic acids is 1.